The van der Waals surface area contributed by atoms with Crippen molar-refractivity contribution in [3.8, 4) is 5.82 Å². The Balaban J connectivity index is 1.43. The number of hydrogen-bond donors (Lipinski definition) is 1. The van der Waals surface area contributed by atoms with Crippen molar-refractivity contribution in [2.24, 2.45) is 0 Å². The van der Waals surface area contributed by atoms with Gasteiger partial charge in [-0.1, -0.05) is 36.9 Å². The van der Waals surface area contributed by atoms with Gasteiger partial charge >= 0.3 is 0 Å². The Bertz CT molecular complexity index is 1120. The van der Waals surface area contributed by atoms with Gasteiger partial charge in [-0.3, -0.25) is 19.2 Å². The first kappa shape index (κ1) is 22.3. The first-order chi connectivity index (χ1) is 16.1. The molecule has 1 aliphatic carbocycles. The van der Waals surface area contributed by atoms with Crippen LogP contribution in [0.15, 0.2) is 43.0 Å². The van der Waals surface area contributed by atoms with Gasteiger partial charge in [0.15, 0.2) is 5.82 Å². The molecule has 8 heteroatoms. The molecule has 1 aliphatic heterocycles. The van der Waals surface area contributed by atoms with E-state index in [1.807, 2.05) is 29.0 Å². The topological polar surface area (TPSA) is 66.3 Å². The van der Waals surface area contributed by atoms with Gasteiger partial charge in [-0.2, -0.15) is 0 Å². The fraction of sp³-hybridized carbons (Fsp3) is 0.480. The Kier molecular flexibility index (Phi) is 6.36. The average Bonchev–Trinajstić information content (AvgIpc) is 3.25. The van der Waals surface area contributed by atoms with E-state index in [2.05, 4.69) is 32.1 Å². The van der Waals surface area contributed by atoms with Crippen LogP contribution in [-0.2, 0) is 0 Å². The monoisotopic (exact) mass is 466 g/mol. The lowest BCUT2D eigenvalue weighted by Gasteiger charge is -2.49. The molecule has 5 rings (SSSR count). The number of nitrogens with zero attached hydrogens (tertiary/aromatic N) is 5. The molecular weight excluding hydrogens is 436 g/mol. The number of likely N-dealkylation sites (N-methyl/N-ethyl adjacent to an activating group) is 1. The third kappa shape index (κ3) is 4.37. The molecule has 1 saturated heterocycles. The lowest BCUT2D eigenvalue weighted by atomic mass is 9.79. The summed E-state index contributed by atoms with van der Waals surface area (Å²) in [6, 6.07) is 5.68. The van der Waals surface area contributed by atoms with Crippen LogP contribution in [-0.4, -0.2) is 75.6 Å². The summed E-state index contributed by atoms with van der Waals surface area (Å²) in [6.07, 6.45) is 12.8. The summed E-state index contributed by atoms with van der Waals surface area (Å²) in [5.41, 5.74) is 1.47. The summed E-state index contributed by atoms with van der Waals surface area (Å²) < 4.78 is 1.89. The zero-order chi connectivity index (χ0) is 22.8. The number of carbonyl (C=O) groups is 1. The van der Waals surface area contributed by atoms with Crippen molar-refractivity contribution in [3.05, 3.63) is 53.6 Å². The summed E-state index contributed by atoms with van der Waals surface area (Å²) >= 11 is 6.58. The normalized spacial score (nSPS) is 19.6. The number of fused-ring (bicyclic) bond motifs is 1. The van der Waals surface area contributed by atoms with Crippen LogP contribution in [0.2, 0.25) is 5.02 Å². The second kappa shape index (κ2) is 9.41. The molecule has 0 unspecified atom stereocenters. The smallest absolute Gasteiger partial charge is 0.253 e. The molecule has 2 fully saturated rings. The first-order valence-corrected chi connectivity index (χ1v) is 12.2. The third-order valence-corrected chi connectivity index (χ3v) is 7.67. The van der Waals surface area contributed by atoms with E-state index in [9.17, 15) is 4.79 Å². The van der Waals surface area contributed by atoms with Crippen LogP contribution in [0.25, 0.3) is 16.7 Å². The van der Waals surface area contributed by atoms with E-state index in [0.717, 1.165) is 49.9 Å². The molecule has 3 aromatic rings. The van der Waals surface area contributed by atoms with E-state index in [-0.39, 0.29) is 11.4 Å². The number of aromatic nitrogens is 3. The lowest BCUT2D eigenvalue weighted by molar-refractivity contribution is 0.0139. The van der Waals surface area contributed by atoms with Crippen LogP contribution in [0.4, 0.5) is 0 Å². The van der Waals surface area contributed by atoms with Crippen LogP contribution in [0.3, 0.4) is 0 Å². The van der Waals surface area contributed by atoms with Gasteiger partial charge in [-0.25, -0.2) is 4.98 Å². The highest BCUT2D eigenvalue weighted by molar-refractivity contribution is 6.37. The number of rotatable bonds is 5. The number of halogens is 1. The summed E-state index contributed by atoms with van der Waals surface area (Å²) in [5.74, 6) is 0.569. The van der Waals surface area contributed by atoms with Crippen molar-refractivity contribution in [1.29, 1.82) is 0 Å². The standard InChI is InChI=1S/C25H31ClN6O/c1-30-12-14-31(15-13-30)25(8-3-2-4-9-25)18-29-24(33)19-17-32(22-16-27-10-11-28-22)21-7-5-6-20(26)23(19)21/h5-7,10-11,16-17H,2-4,8-9,12-15,18H2,1H3,(H,29,33). The molecule has 0 radical (unpaired) electrons. The fourth-order valence-electron chi connectivity index (χ4n) is 5.46. The molecule has 3 heterocycles. The molecule has 1 amide bonds. The van der Waals surface area contributed by atoms with Crippen LogP contribution in [0, 0.1) is 0 Å². The van der Waals surface area contributed by atoms with Crippen molar-refractivity contribution >= 4 is 28.4 Å². The SMILES string of the molecule is CN1CCN(C2(CNC(=O)c3cn(-c4cnccn4)c4cccc(Cl)c34)CCCCC2)CC1. The second-order valence-electron chi connectivity index (χ2n) is 9.37. The van der Waals surface area contributed by atoms with E-state index < -0.39 is 0 Å². The lowest BCUT2D eigenvalue weighted by Crippen LogP contribution is -2.61. The third-order valence-electron chi connectivity index (χ3n) is 7.36. The molecule has 7 nitrogen and oxygen atoms in total. The molecule has 2 aliphatic rings. The van der Waals surface area contributed by atoms with E-state index in [0.29, 0.717) is 22.9 Å². The zero-order valence-corrected chi connectivity index (χ0v) is 19.9. The molecule has 0 spiro atoms. The van der Waals surface area contributed by atoms with Crippen LogP contribution in [0.1, 0.15) is 42.5 Å². The highest BCUT2D eigenvalue weighted by Gasteiger charge is 2.39. The Morgan fingerprint density at radius 2 is 1.91 bits per heavy atom. The minimum absolute atomic E-state index is 0.0439. The fourth-order valence-corrected chi connectivity index (χ4v) is 5.73. The second-order valence-corrected chi connectivity index (χ2v) is 9.78. The number of benzene rings is 1. The van der Waals surface area contributed by atoms with Crippen molar-refractivity contribution in [2.45, 2.75) is 37.6 Å². The minimum atomic E-state index is -0.0881. The van der Waals surface area contributed by atoms with Crippen LogP contribution >= 0.6 is 11.6 Å². The Labute approximate surface area is 199 Å². The number of amides is 1. The van der Waals surface area contributed by atoms with Crippen molar-refractivity contribution in [3.63, 3.8) is 0 Å². The number of piperazine rings is 1. The zero-order valence-electron chi connectivity index (χ0n) is 19.1. The van der Waals surface area contributed by atoms with Crippen molar-refractivity contribution < 1.29 is 4.79 Å². The van der Waals surface area contributed by atoms with Crippen LogP contribution < -0.4 is 5.32 Å². The maximum absolute atomic E-state index is 13.5. The first-order valence-electron chi connectivity index (χ1n) is 11.9. The van der Waals surface area contributed by atoms with Gasteiger partial charge in [0.1, 0.15) is 0 Å². The molecular formula is C25H31ClN6O. The van der Waals surface area contributed by atoms with E-state index in [4.69, 9.17) is 11.6 Å². The van der Waals surface area contributed by atoms with Crippen molar-refractivity contribution in [1.82, 2.24) is 29.7 Å². The summed E-state index contributed by atoms with van der Waals surface area (Å²) in [6.45, 7) is 4.94. The molecule has 1 N–H and O–H groups in total. The quantitative estimate of drug-likeness (QED) is 0.620. The number of carbonyl (C=O) groups excluding carboxylic acids is 1. The number of hydrogen-bond acceptors (Lipinski definition) is 5. The Morgan fingerprint density at radius 3 is 2.64 bits per heavy atom. The molecule has 174 valence electrons. The Morgan fingerprint density at radius 1 is 1.12 bits per heavy atom. The van der Waals surface area contributed by atoms with E-state index in [1.165, 1.54) is 19.3 Å². The van der Waals surface area contributed by atoms with Gasteiger partial charge in [0.25, 0.3) is 5.91 Å². The van der Waals surface area contributed by atoms with Crippen molar-refractivity contribution in [2.75, 3.05) is 39.8 Å². The van der Waals surface area contributed by atoms with Crippen LogP contribution in [0.5, 0.6) is 0 Å². The average molecular weight is 467 g/mol. The molecule has 0 atom stereocenters. The molecule has 33 heavy (non-hydrogen) atoms. The molecule has 2 aromatic heterocycles. The minimum Gasteiger partial charge on any atom is -0.350 e. The maximum atomic E-state index is 13.5. The summed E-state index contributed by atoms with van der Waals surface area (Å²) in [7, 11) is 2.18. The van der Waals surface area contributed by atoms with Gasteiger partial charge in [0.2, 0.25) is 0 Å². The largest absolute Gasteiger partial charge is 0.350 e. The van der Waals surface area contributed by atoms with Gasteiger partial charge < -0.3 is 10.2 Å². The molecule has 0 bridgehead atoms. The summed E-state index contributed by atoms with van der Waals surface area (Å²) in [4.78, 5) is 27.1. The van der Waals surface area contributed by atoms with Gasteiger partial charge in [-0.05, 0) is 32.0 Å². The highest BCUT2D eigenvalue weighted by Crippen LogP contribution is 2.35. The van der Waals surface area contributed by atoms with Gasteiger partial charge in [0.05, 0.1) is 22.3 Å². The number of nitrogens with one attached hydrogen (secondary N) is 1. The molecule has 1 aromatic carbocycles. The van der Waals surface area contributed by atoms with E-state index >= 15 is 0 Å². The van der Waals surface area contributed by atoms with E-state index in [1.54, 1.807) is 18.6 Å². The summed E-state index contributed by atoms with van der Waals surface area (Å²) in [5, 5.41) is 4.61. The predicted octanol–water partition coefficient (Wildman–Crippen LogP) is 3.75. The Hall–Kier alpha value is -2.48. The predicted molar refractivity (Wildman–Crippen MR) is 131 cm³/mol. The van der Waals surface area contributed by atoms with Gasteiger partial charge in [0, 0.05) is 62.2 Å². The van der Waals surface area contributed by atoms with Gasteiger partial charge in [-0.15, -0.1) is 0 Å². The maximum Gasteiger partial charge on any atom is 0.253 e. The highest BCUT2D eigenvalue weighted by atomic mass is 35.5. The molecule has 1 saturated carbocycles.